The molecule has 4 aromatic rings. The topological polar surface area (TPSA) is 135 Å². The Morgan fingerprint density at radius 3 is 1.09 bits per heavy atom. The van der Waals surface area contributed by atoms with Crippen molar-refractivity contribution >= 4 is 13.7 Å². The molecule has 0 heterocycles. The SMILES string of the molecule is CC(C)c1cccc(C/N=N/[Si](/N=N/Cc2cccc(C(C)C)c2O)(/N=N/Cc2cccc(C(C)C)c2O)c2ccccc2)c1O. The van der Waals surface area contributed by atoms with Crippen LogP contribution in [0.25, 0.3) is 0 Å². The molecule has 0 aliphatic heterocycles. The Morgan fingerprint density at radius 2 is 0.783 bits per heavy atom. The van der Waals surface area contributed by atoms with Crippen LogP contribution in [0.2, 0.25) is 0 Å². The molecular weight excluding hydrogens is 593 g/mol. The molecule has 240 valence electrons. The van der Waals surface area contributed by atoms with Crippen LogP contribution in [0.1, 0.15) is 92.7 Å². The third kappa shape index (κ3) is 8.11. The molecule has 0 aliphatic carbocycles. The van der Waals surface area contributed by atoms with Crippen LogP contribution in [-0.2, 0) is 19.6 Å². The number of aromatic hydroxyl groups is 3. The van der Waals surface area contributed by atoms with E-state index in [4.69, 9.17) is 14.3 Å². The summed E-state index contributed by atoms with van der Waals surface area (Å²) in [6, 6.07) is 26.3. The fourth-order valence-electron chi connectivity index (χ4n) is 5.14. The van der Waals surface area contributed by atoms with Crippen LogP contribution < -0.4 is 5.19 Å². The molecule has 0 saturated carbocycles. The highest BCUT2D eigenvalue weighted by atomic mass is 28.4. The molecule has 0 radical (unpaired) electrons. The second kappa shape index (κ2) is 15.5. The summed E-state index contributed by atoms with van der Waals surface area (Å²) in [6.07, 6.45) is 0. The van der Waals surface area contributed by atoms with Crippen LogP contribution in [-0.4, -0.2) is 23.9 Å². The highest BCUT2D eigenvalue weighted by molar-refractivity contribution is 6.86. The number of hydrogen-bond donors (Lipinski definition) is 3. The summed E-state index contributed by atoms with van der Waals surface area (Å²) in [6.45, 7) is 12.5. The van der Waals surface area contributed by atoms with E-state index in [0.29, 0.717) is 21.9 Å². The molecule has 0 aromatic heterocycles. The average Bonchev–Trinajstić information content (AvgIpc) is 3.03. The van der Waals surface area contributed by atoms with Crippen molar-refractivity contribution in [2.45, 2.75) is 78.9 Å². The lowest BCUT2D eigenvalue weighted by atomic mass is 9.99. The zero-order valence-electron chi connectivity index (χ0n) is 27.5. The maximum absolute atomic E-state index is 10.9. The molecule has 4 aromatic carbocycles. The van der Waals surface area contributed by atoms with Crippen LogP contribution in [0.15, 0.2) is 115 Å². The van der Waals surface area contributed by atoms with Gasteiger partial charge < -0.3 is 15.3 Å². The Morgan fingerprint density at radius 1 is 0.457 bits per heavy atom. The summed E-state index contributed by atoms with van der Waals surface area (Å²) >= 11 is 0. The lowest BCUT2D eigenvalue weighted by Gasteiger charge is -2.16. The van der Waals surface area contributed by atoms with E-state index in [1.807, 2.05) is 126 Å². The van der Waals surface area contributed by atoms with Gasteiger partial charge in [0.05, 0.1) is 19.6 Å². The van der Waals surface area contributed by atoms with Gasteiger partial charge in [0, 0.05) is 21.9 Å². The van der Waals surface area contributed by atoms with Crippen molar-refractivity contribution in [1.82, 2.24) is 0 Å². The van der Waals surface area contributed by atoms with Gasteiger partial charge in [-0.1, -0.05) is 126 Å². The van der Waals surface area contributed by atoms with Crippen LogP contribution in [0.4, 0.5) is 0 Å². The zero-order valence-corrected chi connectivity index (χ0v) is 28.5. The second-order valence-electron chi connectivity index (χ2n) is 12.2. The molecule has 0 amide bonds. The molecule has 0 bridgehead atoms. The zero-order chi connectivity index (χ0) is 33.3. The number of phenolic OH excluding ortho intramolecular Hbond substituents is 3. The molecule has 0 saturated heterocycles. The highest BCUT2D eigenvalue weighted by Gasteiger charge is 2.40. The second-order valence-corrected chi connectivity index (χ2v) is 14.7. The predicted octanol–water partition coefficient (Wildman–Crippen LogP) is 9.28. The Hall–Kier alpha value is -4.70. The van der Waals surface area contributed by atoms with E-state index in [2.05, 4.69) is 15.3 Å². The normalized spacial score (nSPS) is 12.5. The monoisotopic (exact) mass is 636 g/mol. The predicted molar refractivity (Wildman–Crippen MR) is 184 cm³/mol. The Bertz CT molecular complexity index is 1540. The third-order valence-corrected chi connectivity index (χ3v) is 10.2. The van der Waals surface area contributed by atoms with E-state index in [1.165, 1.54) is 0 Å². The van der Waals surface area contributed by atoms with Gasteiger partial charge in [-0.05, 0) is 34.4 Å². The molecule has 0 fully saturated rings. The molecule has 10 heteroatoms. The number of phenols is 3. The van der Waals surface area contributed by atoms with E-state index in [0.717, 1.165) is 16.7 Å². The van der Waals surface area contributed by atoms with Crippen LogP contribution >= 0.6 is 0 Å². The van der Waals surface area contributed by atoms with Crippen LogP contribution in [0.3, 0.4) is 0 Å². The summed E-state index contributed by atoms with van der Waals surface area (Å²) in [5, 5.41) is 47.0. The number of benzene rings is 4. The van der Waals surface area contributed by atoms with Gasteiger partial charge in [0.25, 0.3) is 0 Å². The van der Waals surface area contributed by atoms with Crippen molar-refractivity contribution < 1.29 is 15.3 Å². The summed E-state index contributed by atoms with van der Waals surface area (Å²) in [4.78, 5) is 0. The highest BCUT2D eigenvalue weighted by Crippen LogP contribution is 2.32. The van der Waals surface area contributed by atoms with E-state index in [9.17, 15) is 15.3 Å². The fraction of sp³-hybridized carbons (Fsp3) is 0.333. The summed E-state index contributed by atoms with van der Waals surface area (Å²) < 4.78 is 14.2. The first kappa shape index (κ1) is 34.2. The molecule has 0 unspecified atom stereocenters. The van der Waals surface area contributed by atoms with Gasteiger partial charge in [0.1, 0.15) is 17.2 Å². The molecule has 0 atom stereocenters. The lowest BCUT2D eigenvalue weighted by molar-refractivity contribution is 0.457. The standard InChI is InChI=1S/C36H44N6O3Si/c1-24(2)31-18-10-13-27(34(31)43)21-37-40-46(30-16-8-7-9-17-30,41-38-22-28-14-11-19-32(25(3)4)35(28)44)42-39-23-29-15-12-20-33(26(5)6)36(29)45/h7-20,24-26,43-45H,21-23H2,1-6H3/b40-37+,41-38+,42-39+. The molecule has 0 aliphatic rings. The first-order chi connectivity index (χ1) is 22.0. The Kier molecular flexibility index (Phi) is 11.5. The van der Waals surface area contributed by atoms with Crippen LogP contribution in [0, 0.1) is 0 Å². The smallest absolute Gasteiger partial charge is 0.507 e. The molecule has 4 rings (SSSR count). The van der Waals surface area contributed by atoms with Gasteiger partial charge >= 0.3 is 8.56 Å². The number of nitrogens with zero attached hydrogens (tertiary/aromatic N) is 6. The molecular formula is C36H44N6O3Si. The van der Waals surface area contributed by atoms with Crippen molar-refractivity contribution in [1.29, 1.82) is 0 Å². The number of hydrogen-bond acceptors (Lipinski definition) is 9. The average molecular weight is 637 g/mol. The molecule has 0 spiro atoms. The Balaban J connectivity index is 1.76. The van der Waals surface area contributed by atoms with Crippen molar-refractivity contribution in [3.63, 3.8) is 0 Å². The minimum absolute atomic E-state index is 0.119. The largest absolute Gasteiger partial charge is 0.524 e. The van der Waals surface area contributed by atoms with Crippen molar-refractivity contribution in [3.8, 4) is 17.2 Å². The van der Waals surface area contributed by atoms with Gasteiger partial charge in [0.2, 0.25) is 0 Å². The van der Waals surface area contributed by atoms with E-state index in [1.54, 1.807) is 0 Å². The van der Waals surface area contributed by atoms with E-state index >= 15 is 0 Å². The fourth-order valence-corrected chi connectivity index (χ4v) is 7.05. The number of para-hydroxylation sites is 3. The van der Waals surface area contributed by atoms with Gasteiger partial charge in [-0.2, -0.15) is 29.7 Å². The number of rotatable bonds is 13. The first-order valence-electron chi connectivity index (χ1n) is 15.7. The van der Waals surface area contributed by atoms with E-state index < -0.39 is 8.56 Å². The minimum atomic E-state index is -3.66. The maximum Gasteiger partial charge on any atom is 0.524 e. The van der Waals surface area contributed by atoms with Crippen LogP contribution in [0.5, 0.6) is 17.2 Å². The summed E-state index contributed by atoms with van der Waals surface area (Å²) in [5.41, 5.74) is 4.45. The Labute approximate surface area is 272 Å². The summed E-state index contributed by atoms with van der Waals surface area (Å²) in [5.74, 6) is 1.05. The van der Waals surface area contributed by atoms with Gasteiger partial charge in [0.15, 0.2) is 0 Å². The van der Waals surface area contributed by atoms with Gasteiger partial charge in [-0.15, -0.1) is 0 Å². The molecule has 3 N–H and O–H groups in total. The van der Waals surface area contributed by atoms with Gasteiger partial charge in [-0.3, -0.25) is 0 Å². The van der Waals surface area contributed by atoms with Crippen molar-refractivity contribution in [2.24, 2.45) is 29.7 Å². The third-order valence-electron chi connectivity index (χ3n) is 7.83. The molecule has 46 heavy (non-hydrogen) atoms. The lowest BCUT2D eigenvalue weighted by Crippen LogP contribution is -2.42. The van der Waals surface area contributed by atoms with Crippen molar-refractivity contribution in [3.05, 3.63) is 118 Å². The maximum atomic E-state index is 10.9. The first-order valence-corrected chi connectivity index (χ1v) is 17.5. The van der Waals surface area contributed by atoms with Crippen molar-refractivity contribution in [2.75, 3.05) is 0 Å². The minimum Gasteiger partial charge on any atom is -0.507 e. The van der Waals surface area contributed by atoms with E-state index in [-0.39, 0.29) is 54.6 Å². The quantitative estimate of drug-likeness (QED) is 0.0997. The van der Waals surface area contributed by atoms with Gasteiger partial charge in [-0.25, -0.2) is 0 Å². The molecule has 9 nitrogen and oxygen atoms in total. The summed E-state index contributed by atoms with van der Waals surface area (Å²) in [7, 11) is -3.66.